The molecule has 100 valence electrons. The fraction of sp³-hybridized carbons (Fsp3) is 1.00. The van der Waals surface area contributed by atoms with Crippen molar-refractivity contribution in [3.05, 3.63) is 0 Å². The summed E-state index contributed by atoms with van der Waals surface area (Å²) in [7, 11) is 4.49. The third kappa shape index (κ3) is 3.43. The zero-order valence-electron chi connectivity index (χ0n) is 11.9. The van der Waals surface area contributed by atoms with Gasteiger partial charge in [0.1, 0.15) is 0 Å². The molecule has 0 aromatic carbocycles. The van der Waals surface area contributed by atoms with Crippen LogP contribution in [0.3, 0.4) is 0 Å². The lowest BCUT2D eigenvalue weighted by Crippen LogP contribution is -2.51. The first-order valence-corrected chi connectivity index (χ1v) is 7.18. The Balaban J connectivity index is 1.75. The van der Waals surface area contributed by atoms with Crippen LogP contribution in [-0.4, -0.2) is 62.2 Å². The summed E-state index contributed by atoms with van der Waals surface area (Å²) in [5.74, 6) is 1.66. The largest absolute Gasteiger partial charge is 0.313 e. The molecule has 0 amide bonds. The highest BCUT2D eigenvalue weighted by molar-refractivity contribution is 4.87. The molecule has 2 aliphatic heterocycles. The van der Waals surface area contributed by atoms with E-state index in [1.165, 1.54) is 39.0 Å². The topological polar surface area (TPSA) is 18.5 Å². The van der Waals surface area contributed by atoms with Crippen molar-refractivity contribution in [3.8, 4) is 0 Å². The van der Waals surface area contributed by atoms with Crippen molar-refractivity contribution in [2.24, 2.45) is 11.8 Å². The van der Waals surface area contributed by atoms with E-state index >= 15 is 0 Å². The Bertz CT molecular complexity index is 244. The van der Waals surface area contributed by atoms with Gasteiger partial charge in [0.25, 0.3) is 0 Å². The van der Waals surface area contributed by atoms with Crippen LogP contribution < -0.4 is 5.32 Å². The van der Waals surface area contributed by atoms with Crippen molar-refractivity contribution in [2.75, 3.05) is 40.3 Å². The second-order valence-electron chi connectivity index (χ2n) is 6.43. The van der Waals surface area contributed by atoms with E-state index < -0.39 is 0 Å². The summed E-state index contributed by atoms with van der Waals surface area (Å²) in [6.07, 6.45) is 2.68. The molecule has 0 aromatic rings. The van der Waals surface area contributed by atoms with E-state index in [2.05, 4.69) is 43.1 Å². The van der Waals surface area contributed by atoms with Gasteiger partial charge in [-0.15, -0.1) is 0 Å². The van der Waals surface area contributed by atoms with Crippen molar-refractivity contribution in [1.29, 1.82) is 0 Å². The van der Waals surface area contributed by atoms with Crippen molar-refractivity contribution >= 4 is 0 Å². The van der Waals surface area contributed by atoms with Crippen LogP contribution >= 0.6 is 0 Å². The summed E-state index contributed by atoms with van der Waals surface area (Å²) in [6.45, 7) is 9.76. The minimum absolute atomic E-state index is 0.729. The molecule has 2 aliphatic rings. The minimum Gasteiger partial charge on any atom is -0.313 e. The monoisotopic (exact) mass is 239 g/mol. The maximum Gasteiger partial charge on any atom is 0.0120 e. The second-order valence-corrected chi connectivity index (χ2v) is 6.43. The molecule has 2 fully saturated rings. The first-order valence-electron chi connectivity index (χ1n) is 7.18. The third-order valence-electron chi connectivity index (χ3n) is 4.77. The van der Waals surface area contributed by atoms with Gasteiger partial charge in [0.15, 0.2) is 0 Å². The van der Waals surface area contributed by atoms with E-state index in [0.717, 1.165) is 23.9 Å². The van der Waals surface area contributed by atoms with Gasteiger partial charge in [0, 0.05) is 25.2 Å². The maximum atomic E-state index is 3.83. The van der Waals surface area contributed by atoms with Crippen LogP contribution in [0.15, 0.2) is 0 Å². The van der Waals surface area contributed by atoms with Gasteiger partial charge in [-0.05, 0) is 58.8 Å². The number of likely N-dealkylation sites (tertiary alicyclic amines) is 2. The summed E-state index contributed by atoms with van der Waals surface area (Å²) in [5.41, 5.74) is 0. The average molecular weight is 239 g/mol. The smallest absolute Gasteiger partial charge is 0.0120 e. The molecule has 3 heteroatoms. The summed E-state index contributed by atoms with van der Waals surface area (Å²) in [5, 5.41) is 3.83. The summed E-state index contributed by atoms with van der Waals surface area (Å²) < 4.78 is 0. The van der Waals surface area contributed by atoms with Crippen molar-refractivity contribution in [1.82, 2.24) is 15.1 Å². The predicted octanol–water partition coefficient (Wildman–Crippen LogP) is 1.26. The SMILES string of the molecule is CC1CN(C)C(C)CC1NCC1CCN(C)C1. The van der Waals surface area contributed by atoms with E-state index in [4.69, 9.17) is 0 Å². The Hall–Kier alpha value is -0.120. The first-order chi connectivity index (χ1) is 8.06. The Kier molecular flexibility index (Phi) is 4.45. The highest BCUT2D eigenvalue weighted by Crippen LogP contribution is 2.21. The number of hydrogen-bond acceptors (Lipinski definition) is 3. The van der Waals surface area contributed by atoms with E-state index in [0.29, 0.717) is 0 Å². The van der Waals surface area contributed by atoms with Gasteiger partial charge in [-0.2, -0.15) is 0 Å². The highest BCUT2D eigenvalue weighted by Gasteiger charge is 2.29. The molecule has 0 saturated carbocycles. The molecule has 0 aliphatic carbocycles. The fourth-order valence-corrected chi connectivity index (χ4v) is 3.34. The molecule has 2 saturated heterocycles. The summed E-state index contributed by atoms with van der Waals surface area (Å²) >= 11 is 0. The fourth-order valence-electron chi connectivity index (χ4n) is 3.34. The highest BCUT2D eigenvalue weighted by atomic mass is 15.2. The number of piperidine rings is 1. The first kappa shape index (κ1) is 13.3. The van der Waals surface area contributed by atoms with Crippen molar-refractivity contribution in [3.63, 3.8) is 0 Å². The van der Waals surface area contributed by atoms with E-state index in [9.17, 15) is 0 Å². The van der Waals surface area contributed by atoms with Crippen LogP contribution in [0.5, 0.6) is 0 Å². The lowest BCUT2D eigenvalue weighted by atomic mass is 9.89. The molecule has 4 unspecified atom stereocenters. The summed E-state index contributed by atoms with van der Waals surface area (Å²) in [4.78, 5) is 4.94. The van der Waals surface area contributed by atoms with Gasteiger partial charge >= 0.3 is 0 Å². The molecule has 0 aromatic heterocycles. The van der Waals surface area contributed by atoms with Gasteiger partial charge < -0.3 is 15.1 Å². The van der Waals surface area contributed by atoms with Gasteiger partial charge in [0.2, 0.25) is 0 Å². The van der Waals surface area contributed by atoms with Crippen molar-refractivity contribution < 1.29 is 0 Å². The van der Waals surface area contributed by atoms with Gasteiger partial charge in [-0.3, -0.25) is 0 Å². The normalized spacial score (nSPS) is 40.9. The molecule has 0 spiro atoms. The van der Waals surface area contributed by atoms with Crippen LogP contribution in [-0.2, 0) is 0 Å². The maximum absolute atomic E-state index is 3.83. The zero-order valence-corrected chi connectivity index (χ0v) is 11.9. The van der Waals surface area contributed by atoms with Gasteiger partial charge in [-0.25, -0.2) is 0 Å². The molecular formula is C14H29N3. The van der Waals surface area contributed by atoms with Crippen molar-refractivity contribution in [2.45, 2.75) is 38.8 Å². The molecule has 2 heterocycles. The Morgan fingerprint density at radius 1 is 1.18 bits per heavy atom. The van der Waals surface area contributed by atoms with Crippen LogP contribution in [0.1, 0.15) is 26.7 Å². The van der Waals surface area contributed by atoms with Crippen LogP contribution in [0.4, 0.5) is 0 Å². The predicted molar refractivity (Wildman–Crippen MR) is 73.3 cm³/mol. The Morgan fingerprint density at radius 2 is 1.94 bits per heavy atom. The van der Waals surface area contributed by atoms with Crippen LogP contribution in [0, 0.1) is 11.8 Å². The Labute approximate surface area is 107 Å². The Morgan fingerprint density at radius 3 is 2.59 bits per heavy atom. The summed E-state index contributed by atoms with van der Waals surface area (Å²) in [6, 6.07) is 1.46. The quantitative estimate of drug-likeness (QED) is 0.800. The van der Waals surface area contributed by atoms with E-state index in [1.807, 2.05) is 0 Å². The molecule has 0 bridgehead atoms. The molecule has 17 heavy (non-hydrogen) atoms. The molecule has 1 N–H and O–H groups in total. The average Bonchev–Trinajstić information content (AvgIpc) is 2.68. The number of hydrogen-bond donors (Lipinski definition) is 1. The van der Waals surface area contributed by atoms with Gasteiger partial charge in [0.05, 0.1) is 0 Å². The molecule has 2 rings (SSSR count). The van der Waals surface area contributed by atoms with Crippen LogP contribution in [0.25, 0.3) is 0 Å². The van der Waals surface area contributed by atoms with E-state index in [1.54, 1.807) is 0 Å². The molecule has 4 atom stereocenters. The van der Waals surface area contributed by atoms with Crippen LogP contribution in [0.2, 0.25) is 0 Å². The van der Waals surface area contributed by atoms with Gasteiger partial charge in [-0.1, -0.05) is 6.92 Å². The molecular weight excluding hydrogens is 210 g/mol. The minimum atomic E-state index is 0.729. The number of rotatable bonds is 3. The lowest BCUT2D eigenvalue weighted by molar-refractivity contribution is 0.119. The molecule has 0 radical (unpaired) electrons. The third-order valence-corrected chi connectivity index (χ3v) is 4.77. The molecule has 3 nitrogen and oxygen atoms in total. The second kappa shape index (κ2) is 5.68. The zero-order chi connectivity index (χ0) is 12.4. The van der Waals surface area contributed by atoms with E-state index in [-0.39, 0.29) is 0 Å². The number of nitrogens with zero attached hydrogens (tertiary/aromatic N) is 2. The standard InChI is InChI=1S/C14H29N3/c1-11-9-17(4)12(2)7-14(11)15-8-13-5-6-16(3)10-13/h11-15H,5-10H2,1-4H3. The number of nitrogens with one attached hydrogen (secondary N) is 1. The lowest BCUT2D eigenvalue weighted by Gasteiger charge is -2.40.